The van der Waals surface area contributed by atoms with Crippen LogP contribution in [0, 0.1) is 0 Å². The number of hydrogen-bond acceptors (Lipinski definition) is 5. The molecule has 1 aliphatic rings. The van der Waals surface area contributed by atoms with E-state index in [1.807, 2.05) is 18.2 Å². The number of aliphatic hydroxyl groups is 2. The monoisotopic (exact) mass is 239 g/mol. The Bertz CT molecular complexity index is 370. The maximum Gasteiger partial charge on any atom is 0.165 e. The summed E-state index contributed by atoms with van der Waals surface area (Å²) in [5, 5.41) is 21.0. The molecule has 0 bridgehead atoms. The first-order valence-corrected chi connectivity index (χ1v) is 5.68. The van der Waals surface area contributed by atoms with Gasteiger partial charge in [0.05, 0.1) is 12.7 Å². The molecule has 0 saturated carbocycles. The van der Waals surface area contributed by atoms with Crippen molar-refractivity contribution >= 4 is 0 Å². The molecule has 5 heteroatoms. The predicted octanol–water partition coefficient (Wildman–Crippen LogP) is -0.0994. The lowest BCUT2D eigenvalue weighted by Crippen LogP contribution is -2.29. The smallest absolute Gasteiger partial charge is 0.165 e. The van der Waals surface area contributed by atoms with E-state index < -0.39 is 6.10 Å². The van der Waals surface area contributed by atoms with E-state index in [1.165, 1.54) is 0 Å². The molecule has 1 unspecified atom stereocenters. The van der Waals surface area contributed by atoms with Crippen molar-refractivity contribution in [1.82, 2.24) is 5.32 Å². The van der Waals surface area contributed by atoms with Gasteiger partial charge in [-0.15, -0.1) is 0 Å². The Morgan fingerprint density at radius 3 is 2.94 bits per heavy atom. The first kappa shape index (κ1) is 12.2. The number of para-hydroxylation sites is 1. The van der Waals surface area contributed by atoms with E-state index in [-0.39, 0.29) is 6.61 Å². The summed E-state index contributed by atoms with van der Waals surface area (Å²) in [6.07, 6.45) is -0.730. The van der Waals surface area contributed by atoms with Crippen molar-refractivity contribution in [3.8, 4) is 11.5 Å². The van der Waals surface area contributed by atoms with E-state index >= 15 is 0 Å². The summed E-state index contributed by atoms with van der Waals surface area (Å²) in [6, 6.07) is 5.74. The molecule has 1 heterocycles. The number of ether oxygens (including phenoxy) is 2. The summed E-state index contributed by atoms with van der Waals surface area (Å²) in [7, 11) is 0. The third kappa shape index (κ3) is 3.09. The van der Waals surface area contributed by atoms with E-state index in [0.29, 0.717) is 26.3 Å². The van der Waals surface area contributed by atoms with Crippen molar-refractivity contribution in [2.45, 2.75) is 12.6 Å². The molecular weight excluding hydrogens is 222 g/mol. The van der Waals surface area contributed by atoms with Crippen LogP contribution in [0.4, 0.5) is 0 Å². The minimum absolute atomic E-state index is 0.237. The van der Waals surface area contributed by atoms with Gasteiger partial charge in [-0.2, -0.15) is 0 Å². The lowest BCUT2D eigenvalue weighted by atomic mass is 10.1. The van der Waals surface area contributed by atoms with E-state index in [4.69, 9.17) is 14.6 Å². The van der Waals surface area contributed by atoms with Crippen LogP contribution in [0.2, 0.25) is 0 Å². The maximum absolute atomic E-state index is 9.21. The van der Waals surface area contributed by atoms with Gasteiger partial charge in [-0.3, -0.25) is 0 Å². The number of benzene rings is 1. The number of rotatable bonds is 5. The highest BCUT2D eigenvalue weighted by atomic mass is 16.6. The average Bonchev–Trinajstić information content (AvgIpc) is 2.39. The van der Waals surface area contributed by atoms with Crippen LogP contribution < -0.4 is 14.8 Å². The van der Waals surface area contributed by atoms with Gasteiger partial charge >= 0.3 is 0 Å². The molecule has 2 rings (SSSR count). The highest BCUT2D eigenvalue weighted by molar-refractivity contribution is 5.47. The summed E-state index contributed by atoms with van der Waals surface area (Å²) in [6.45, 7) is 1.82. The second-order valence-corrected chi connectivity index (χ2v) is 3.91. The highest BCUT2D eigenvalue weighted by Crippen LogP contribution is 2.33. The molecule has 5 nitrogen and oxygen atoms in total. The topological polar surface area (TPSA) is 71.0 Å². The molecule has 0 amide bonds. The van der Waals surface area contributed by atoms with E-state index in [0.717, 1.165) is 17.1 Å². The van der Waals surface area contributed by atoms with Crippen LogP contribution in [0.5, 0.6) is 11.5 Å². The Labute approximate surface area is 100.0 Å². The minimum atomic E-state index is -0.730. The molecule has 0 saturated heterocycles. The van der Waals surface area contributed by atoms with Gasteiger partial charge in [0.25, 0.3) is 0 Å². The van der Waals surface area contributed by atoms with Gasteiger partial charge in [0.15, 0.2) is 11.5 Å². The zero-order valence-electron chi connectivity index (χ0n) is 9.56. The number of nitrogens with one attached hydrogen (secondary N) is 1. The molecule has 0 aromatic heterocycles. The molecule has 1 aliphatic heterocycles. The van der Waals surface area contributed by atoms with E-state index in [2.05, 4.69) is 5.32 Å². The van der Waals surface area contributed by atoms with Crippen LogP contribution in [-0.2, 0) is 6.54 Å². The van der Waals surface area contributed by atoms with Crippen molar-refractivity contribution in [1.29, 1.82) is 0 Å². The SMILES string of the molecule is OCC(O)CNCc1cccc2c1OCCO2. The van der Waals surface area contributed by atoms with Gasteiger partial charge in [-0.1, -0.05) is 12.1 Å². The Kier molecular flexibility index (Phi) is 4.19. The Balaban J connectivity index is 1.96. The average molecular weight is 239 g/mol. The number of fused-ring (bicyclic) bond motifs is 1. The van der Waals surface area contributed by atoms with Crippen LogP contribution in [0.3, 0.4) is 0 Å². The standard InChI is InChI=1S/C12H17NO4/c14-8-10(15)7-13-6-9-2-1-3-11-12(9)17-5-4-16-11/h1-3,10,13-15H,4-8H2. The van der Waals surface area contributed by atoms with Crippen molar-refractivity contribution in [2.24, 2.45) is 0 Å². The molecule has 1 atom stereocenters. The van der Waals surface area contributed by atoms with Crippen LogP contribution in [-0.4, -0.2) is 42.7 Å². The second kappa shape index (κ2) is 5.86. The Morgan fingerprint density at radius 1 is 1.29 bits per heavy atom. The third-order valence-corrected chi connectivity index (χ3v) is 2.55. The fraction of sp³-hybridized carbons (Fsp3) is 0.500. The summed E-state index contributed by atoms with van der Waals surface area (Å²) >= 11 is 0. The van der Waals surface area contributed by atoms with Crippen molar-refractivity contribution in [3.05, 3.63) is 23.8 Å². The predicted molar refractivity (Wildman–Crippen MR) is 62.2 cm³/mol. The summed E-state index contributed by atoms with van der Waals surface area (Å²) in [5.74, 6) is 1.53. The van der Waals surface area contributed by atoms with Gasteiger partial charge in [0, 0.05) is 18.7 Å². The molecular formula is C12H17NO4. The molecule has 3 N–H and O–H groups in total. The van der Waals surface area contributed by atoms with Crippen LogP contribution >= 0.6 is 0 Å². The lowest BCUT2D eigenvalue weighted by Gasteiger charge is -2.21. The summed E-state index contributed by atoms with van der Waals surface area (Å²) in [4.78, 5) is 0. The Morgan fingerprint density at radius 2 is 2.12 bits per heavy atom. The second-order valence-electron chi connectivity index (χ2n) is 3.91. The molecule has 0 aliphatic carbocycles. The third-order valence-electron chi connectivity index (χ3n) is 2.55. The van der Waals surface area contributed by atoms with Gasteiger partial charge in [-0.25, -0.2) is 0 Å². The summed E-state index contributed by atoms with van der Waals surface area (Å²) < 4.78 is 11.0. The van der Waals surface area contributed by atoms with E-state index in [9.17, 15) is 5.11 Å². The van der Waals surface area contributed by atoms with Crippen molar-refractivity contribution in [3.63, 3.8) is 0 Å². The maximum atomic E-state index is 9.21. The van der Waals surface area contributed by atoms with Gasteiger partial charge in [-0.05, 0) is 6.07 Å². The van der Waals surface area contributed by atoms with E-state index in [1.54, 1.807) is 0 Å². The number of aliphatic hydroxyl groups excluding tert-OH is 2. The van der Waals surface area contributed by atoms with Gasteiger partial charge < -0.3 is 25.0 Å². The molecule has 17 heavy (non-hydrogen) atoms. The summed E-state index contributed by atoms with van der Waals surface area (Å²) in [5.41, 5.74) is 0.993. The molecule has 94 valence electrons. The van der Waals surface area contributed by atoms with Crippen LogP contribution in [0.1, 0.15) is 5.56 Å². The lowest BCUT2D eigenvalue weighted by molar-refractivity contribution is 0.0940. The molecule has 1 aromatic rings. The Hall–Kier alpha value is -1.30. The van der Waals surface area contributed by atoms with Gasteiger partial charge in [0.2, 0.25) is 0 Å². The van der Waals surface area contributed by atoms with Crippen LogP contribution in [0.15, 0.2) is 18.2 Å². The minimum Gasteiger partial charge on any atom is -0.486 e. The molecule has 1 aromatic carbocycles. The normalized spacial score (nSPS) is 15.6. The largest absolute Gasteiger partial charge is 0.486 e. The van der Waals surface area contributed by atoms with Gasteiger partial charge in [0.1, 0.15) is 13.2 Å². The quantitative estimate of drug-likeness (QED) is 0.669. The molecule has 0 fully saturated rings. The fourth-order valence-electron chi connectivity index (χ4n) is 1.71. The first-order valence-electron chi connectivity index (χ1n) is 5.68. The van der Waals surface area contributed by atoms with Crippen LogP contribution in [0.25, 0.3) is 0 Å². The first-order chi connectivity index (χ1) is 8.31. The zero-order valence-corrected chi connectivity index (χ0v) is 9.56. The number of hydrogen-bond donors (Lipinski definition) is 3. The molecule has 0 spiro atoms. The highest BCUT2D eigenvalue weighted by Gasteiger charge is 2.15. The zero-order chi connectivity index (χ0) is 12.1. The van der Waals surface area contributed by atoms with Crippen molar-refractivity contribution in [2.75, 3.05) is 26.4 Å². The fourth-order valence-corrected chi connectivity index (χ4v) is 1.71. The molecule has 0 radical (unpaired) electrons. The van der Waals surface area contributed by atoms with Crippen molar-refractivity contribution < 1.29 is 19.7 Å².